The van der Waals surface area contributed by atoms with Crippen molar-refractivity contribution in [2.24, 2.45) is 11.8 Å². The molecule has 2 atom stereocenters. The maximum atomic E-state index is 6.10. The van der Waals surface area contributed by atoms with E-state index >= 15 is 0 Å². The lowest BCUT2D eigenvalue weighted by molar-refractivity contribution is -0.0833. The molecule has 0 aromatic rings. The molecule has 0 amide bonds. The molecule has 0 aromatic carbocycles. The molecule has 0 radical (unpaired) electrons. The molecule has 1 heterocycles. The minimum atomic E-state index is 0.00740. The summed E-state index contributed by atoms with van der Waals surface area (Å²) in [6.45, 7) is 11.5. The smallest absolute Gasteiger partial charge is 0.0959 e. The van der Waals surface area contributed by atoms with Gasteiger partial charge in [-0.2, -0.15) is 0 Å². The Bertz CT molecular complexity index is 171. The lowest BCUT2D eigenvalue weighted by atomic mass is 9.89. The van der Waals surface area contributed by atoms with E-state index in [-0.39, 0.29) is 5.60 Å². The first-order chi connectivity index (χ1) is 7.10. The van der Waals surface area contributed by atoms with Crippen molar-refractivity contribution in [2.45, 2.75) is 52.6 Å². The largest absolute Gasteiger partial charge is 0.378 e. The van der Waals surface area contributed by atoms with Crippen LogP contribution in [0.1, 0.15) is 47.0 Å². The first-order valence-corrected chi connectivity index (χ1v) is 6.32. The normalized spacial score (nSPS) is 28.6. The lowest BCUT2D eigenvalue weighted by Gasteiger charge is -2.32. The minimum Gasteiger partial charge on any atom is -0.378 e. The van der Waals surface area contributed by atoms with Gasteiger partial charge in [0.05, 0.1) is 12.2 Å². The summed E-state index contributed by atoms with van der Waals surface area (Å²) in [5.41, 5.74) is 0.00740. The number of hydrogen-bond donors (Lipinski definition) is 0. The van der Waals surface area contributed by atoms with Gasteiger partial charge in [0.15, 0.2) is 0 Å². The quantitative estimate of drug-likeness (QED) is 0.675. The fourth-order valence-corrected chi connectivity index (χ4v) is 1.97. The van der Waals surface area contributed by atoms with Crippen LogP contribution in [0.4, 0.5) is 0 Å². The fourth-order valence-electron chi connectivity index (χ4n) is 1.97. The van der Waals surface area contributed by atoms with Gasteiger partial charge in [0.25, 0.3) is 0 Å². The summed E-state index contributed by atoms with van der Waals surface area (Å²) in [5, 5.41) is 0. The summed E-state index contributed by atoms with van der Waals surface area (Å²) >= 11 is 0. The van der Waals surface area contributed by atoms with Crippen LogP contribution in [0.25, 0.3) is 0 Å². The first kappa shape index (κ1) is 13.0. The molecule has 0 bridgehead atoms. The Hall–Kier alpha value is -0.0800. The first-order valence-electron chi connectivity index (χ1n) is 6.32. The van der Waals surface area contributed by atoms with Crippen molar-refractivity contribution in [3.05, 3.63) is 0 Å². The van der Waals surface area contributed by atoms with Gasteiger partial charge >= 0.3 is 0 Å². The molecule has 2 heteroatoms. The molecular weight excluding hydrogens is 188 g/mol. The Balaban J connectivity index is 2.33. The van der Waals surface area contributed by atoms with Gasteiger partial charge < -0.3 is 9.47 Å². The highest BCUT2D eigenvalue weighted by Gasteiger charge is 2.38. The van der Waals surface area contributed by atoms with Crippen LogP contribution >= 0.6 is 0 Å². The van der Waals surface area contributed by atoms with E-state index < -0.39 is 0 Å². The van der Waals surface area contributed by atoms with Gasteiger partial charge in [-0.15, -0.1) is 0 Å². The molecule has 0 spiro atoms. The molecule has 90 valence electrons. The van der Waals surface area contributed by atoms with Crippen LogP contribution in [0.15, 0.2) is 0 Å². The minimum absolute atomic E-state index is 0.00740. The van der Waals surface area contributed by atoms with Crippen LogP contribution in [0, 0.1) is 11.8 Å². The van der Waals surface area contributed by atoms with Crippen molar-refractivity contribution in [3.63, 3.8) is 0 Å². The van der Waals surface area contributed by atoms with Crippen LogP contribution in [0.5, 0.6) is 0 Å². The summed E-state index contributed by atoms with van der Waals surface area (Å²) in [7, 11) is 0. The summed E-state index contributed by atoms with van der Waals surface area (Å²) in [5.74, 6) is 1.33. The standard InChI is InChI=1S/C13H26O2/c1-5-12(4)6-8-15-13(11(2)3)7-9-14-10-13/h11-12H,5-10H2,1-4H3. The maximum absolute atomic E-state index is 6.10. The van der Waals surface area contributed by atoms with Crippen LogP contribution in [0.3, 0.4) is 0 Å². The Kier molecular flexibility index (Phi) is 5.07. The van der Waals surface area contributed by atoms with Crippen LogP contribution in [-0.4, -0.2) is 25.4 Å². The molecule has 0 N–H and O–H groups in total. The molecule has 1 aliphatic rings. The highest BCUT2D eigenvalue weighted by atomic mass is 16.6. The molecular formula is C13H26O2. The Morgan fingerprint density at radius 3 is 2.53 bits per heavy atom. The zero-order valence-corrected chi connectivity index (χ0v) is 10.7. The molecule has 1 saturated heterocycles. The molecule has 15 heavy (non-hydrogen) atoms. The van der Waals surface area contributed by atoms with Gasteiger partial charge in [-0.3, -0.25) is 0 Å². The zero-order chi connectivity index (χ0) is 11.3. The summed E-state index contributed by atoms with van der Waals surface area (Å²) < 4.78 is 11.6. The Morgan fingerprint density at radius 2 is 2.07 bits per heavy atom. The monoisotopic (exact) mass is 214 g/mol. The number of hydrogen-bond acceptors (Lipinski definition) is 2. The van der Waals surface area contributed by atoms with E-state index in [1.165, 1.54) is 12.8 Å². The second-order valence-electron chi connectivity index (χ2n) is 5.17. The third kappa shape index (κ3) is 3.46. The molecule has 1 aliphatic heterocycles. The molecule has 0 aromatic heterocycles. The van der Waals surface area contributed by atoms with Crippen LogP contribution in [-0.2, 0) is 9.47 Å². The van der Waals surface area contributed by atoms with Crippen molar-refractivity contribution in [2.75, 3.05) is 19.8 Å². The summed E-state index contributed by atoms with van der Waals surface area (Å²) in [6.07, 6.45) is 3.48. The molecule has 2 unspecified atom stereocenters. The maximum Gasteiger partial charge on any atom is 0.0959 e. The molecule has 0 aliphatic carbocycles. The Labute approximate surface area is 94.3 Å². The summed E-state index contributed by atoms with van der Waals surface area (Å²) in [6, 6.07) is 0. The highest BCUT2D eigenvalue weighted by Crippen LogP contribution is 2.31. The molecule has 1 fully saturated rings. The molecule has 0 saturated carbocycles. The SMILES string of the molecule is CCC(C)CCOC1(C(C)C)CCOC1. The molecule has 1 rings (SSSR count). The van der Waals surface area contributed by atoms with Gasteiger partial charge in [0.2, 0.25) is 0 Å². The van der Waals surface area contributed by atoms with Gasteiger partial charge in [-0.1, -0.05) is 34.1 Å². The number of ether oxygens (including phenoxy) is 2. The van der Waals surface area contributed by atoms with Gasteiger partial charge in [-0.25, -0.2) is 0 Å². The van der Waals surface area contributed by atoms with Crippen molar-refractivity contribution in [3.8, 4) is 0 Å². The van der Waals surface area contributed by atoms with Crippen molar-refractivity contribution >= 4 is 0 Å². The zero-order valence-electron chi connectivity index (χ0n) is 10.7. The van der Waals surface area contributed by atoms with E-state index in [0.29, 0.717) is 5.92 Å². The van der Waals surface area contributed by atoms with E-state index in [1.54, 1.807) is 0 Å². The van der Waals surface area contributed by atoms with Gasteiger partial charge in [-0.05, 0) is 18.3 Å². The topological polar surface area (TPSA) is 18.5 Å². The van der Waals surface area contributed by atoms with E-state index in [4.69, 9.17) is 9.47 Å². The van der Waals surface area contributed by atoms with Gasteiger partial charge in [0, 0.05) is 19.6 Å². The van der Waals surface area contributed by atoms with Crippen LogP contribution in [0.2, 0.25) is 0 Å². The predicted molar refractivity (Wildman–Crippen MR) is 63.0 cm³/mol. The average Bonchev–Trinajstić information content (AvgIpc) is 2.67. The second-order valence-corrected chi connectivity index (χ2v) is 5.17. The Morgan fingerprint density at radius 1 is 1.33 bits per heavy atom. The van der Waals surface area contributed by atoms with E-state index in [9.17, 15) is 0 Å². The molecule has 2 nitrogen and oxygen atoms in total. The van der Waals surface area contributed by atoms with Crippen molar-refractivity contribution < 1.29 is 9.47 Å². The van der Waals surface area contributed by atoms with E-state index in [0.717, 1.165) is 32.2 Å². The second kappa shape index (κ2) is 5.86. The summed E-state index contributed by atoms with van der Waals surface area (Å²) in [4.78, 5) is 0. The van der Waals surface area contributed by atoms with Crippen molar-refractivity contribution in [1.82, 2.24) is 0 Å². The third-order valence-electron chi connectivity index (χ3n) is 3.77. The average molecular weight is 214 g/mol. The van der Waals surface area contributed by atoms with E-state index in [2.05, 4.69) is 27.7 Å². The predicted octanol–water partition coefficient (Wildman–Crippen LogP) is 3.25. The third-order valence-corrected chi connectivity index (χ3v) is 3.77. The lowest BCUT2D eigenvalue weighted by Crippen LogP contribution is -2.39. The number of rotatable bonds is 6. The van der Waals surface area contributed by atoms with Crippen LogP contribution < -0.4 is 0 Å². The highest BCUT2D eigenvalue weighted by molar-refractivity contribution is 4.88. The van der Waals surface area contributed by atoms with Gasteiger partial charge in [0.1, 0.15) is 0 Å². The fraction of sp³-hybridized carbons (Fsp3) is 1.00. The van der Waals surface area contributed by atoms with E-state index in [1.807, 2.05) is 0 Å². The van der Waals surface area contributed by atoms with Crippen molar-refractivity contribution in [1.29, 1.82) is 0 Å².